The lowest BCUT2D eigenvalue weighted by molar-refractivity contribution is 0.0435. The molecule has 0 saturated heterocycles. The van der Waals surface area contributed by atoms with Crippen LogP contribution in [0, 0.1) is 5.41 Å². The Hall–Kier alpha value is -0.0800. The van der Waals surface area contributed by atoms with Gasteiger partial charge in [-0.15, -0.1) is 0 Å². The topological polar surface area (TPSA) is 46.2 Å². The number of aliphatic hydroxyl groups is 1. The first-order valence-corrected chi connectivity index (χ1v) is 5.58. The van der Waals surface area contributed by atoms with Crippen LogP contribution in [0.4, 0.5) is 0 Å². The third-order valence-corrected chi connectivity index (χ3v) is 3.88. The van der Waals surface area contributed by atoms with Crippen molar-refractivity contribution in [3.8, 4) is 0 Å². The molecule has 1 aliphatic carbocycles. The Morgan fingerprint density at radius 3 is 2.31 bits per heavy atom. The summed E-state index contributed by atoms with van der Waals surface area (Å²) in [5.41, 5.74) is 6.48. The van der Waals surface area contributed by atoms with Crippen molar-refractivity contribution in [2.24, 2.45) is 11.1 Å². The Morgan fingerprint density at radius 1 is 1.38 bits per heavy atom. The van der Waals surface area contributed by atoms with E-state index in [1.54, 1.807) is 0 Å². The van der Waals surface area contributed by atoms with Gasteiger partial charge in [0.05, 0.1) is 6.10 Å². The zero-order valence-corrected chi connectivity index (χ0v) is 8.92. The largest absolute Gasteiger partial charge is 0.393 e. The first-order chi connectivity index (χ1) is 6.14. The Labute approximate surface area is 81.5 Å². The van der Waals surface area contributed by atoms with Crippen LogP contribution in [0.3, 0.4) is 0 Å². The van der Waals surface area contributed by atoms with Gasteiger partial charge in [0.1, 0.15) is 0 Å². The van der Waals surface area contributed by atoms with Crippen molar-refractivity contribution in [2.75, 3.05) is 0 Å². The lowest BCUT2D eigenvalue weighted by atomic mass is 9.66. The number of hydrogen-bond acceptors (Lipinski definition) is 2. The number of aliphatic hydroxyl groups excluding tert-OH is 1. The maximum Gasteiger partial charge on any atom is 0.0540 e. The molecular formula is C11H23NO. The molecule has 1 atom stereocenters. The summed E-state index contributed by atoms with van der Waals surface area (Å²) in [4.78, 5) is 0. The number of rotatable bonds is 3. The molecular weight excluding hydrogens is 162 g/mol. The van der Waals surface area contributed by atoms with Crippen molar-refractivity contribution in [2.45, 2.75) is 64.5 Å². The van der Waals surface area contributed by atoms with E-state index in [-0.39, 0.29) is 6.10 Å². The average Bonchev–Trinajstić information content (AvgIpc) is 2.18. The molecule has 2 heteroatoms. The molecule has 1 saturated carbocycles. The molecule has 0 aromatic carbocycles. The Balaban J connectivity index is 2.60. The van der Waals surface area contributed by atoms with Crippen LogP contribution in [0.15, 0.2) is 0 Å². The zero-order valence-electron chi connectivity index (χ0n) is 8.92. The SMILES string of the molecule is CC[C@@H](N)[C@]1(CC)CC[C@@H](O)CC1. The van der Waals surface area contributed by atoms with Crippen molar-refractivity contribution in [3.05, 3.63) is 0 Å². The molecule has 0 amide bonds. The highest BCUT2D eigenvalue weighted by atomic mass is 16.3. The monoisotopic (exact) mass is 185 g/mol. The van der Waals surface area contributed by atoms with Crippen molar-refractivity contribution in [1.29, 1.82) is 0 Å². The quantitative estimate of drug-likeness (QED) is 0.707. The minimum atomic E-state index is -0.0660. The predicted octanol–water partition coefficient (Wildman–Crippen LogP) is 2.05. The second-order valence-electron chi connectivity index (χ2n) is 4.46. The fourth-order valence-electron chi connectivity index (χ4n) is 2.60. The van der Waals surface area contributed by atoms with E-state index in [1.807, 2.05) is 0 Å². The van der Waals surface area contributed by atoms with Crippen molar-refractivity contribution in [3.63, 3.8) is 0 Å². The van der Waals surface area contributed by atoms with E-state index in [2.05, 4.69) is 13.8 Å². The molecule has 0 aromatic heterocycles. The average molecular weight is 185 g/mol. The fraction of sp³-hybridized carbons (Fsp3) is 1.00. The molecule has 0 radical (unpaired) electrons. The zero-order chi connectivity index (χ0) is 9.90. The minimum Gasteiger partial charge on any atom is -0.393 e. The van der Waals surface area contributed by atoms with Gasteiger partial charge in [-0.1, -0.05) is 13.8 Å². The summed E-state index contributed by atoms with van der Waals surface area (Å²) < 4.78 is 0. The third-order valence-electron chi connectivity index (χ3n) is 3.88. The molecule has 78 valence electrons. The lowest BCUT2D eigenvalue weighted by Gasteiger charge is -2.42. The minimum absolute atomic E-state index is 0.0660. The molecule has 3 N–H and O–H groups in total. The van der Waals surface area contributed by atoms with Gasteiger partial charge in [-0.3, -0.25) is 0 Å². The van der Waals surface area contributed by atoms with E-state index >= 15 is 0 Å². The third kappa shape index (κ3) is 2.23. The molecule has 0 heterocycles. The van der Waals surface area contributed by atoms with Crippen molar-refractivity contribution in [1.82, 2.24) is 0 Å². The smallest absolute Gasteiger partial charge is 0.0540 e. The number of nitrogens with two attached hydrogens (primary N) is 1. The molecule has 1 rings (SSSR count). The normalized spacial score (nSPS) is 37.4. The highest BCUT2D eigenvalue weighted by Crippen LogP contribution is 2.42. The summed E-state index contributed by atoms with van der Waals surface area (Å²) in [5, 5.41) is 9.45. The van der Waals surface area contributed by atoms with Gasteiger partial charge in [0.2, 0.25) is 0 Å². The Kier molecular flexibility index (Phi) is 3.74. The summed E-state index contributed by atoms with van der Waals surface area (Å²) in [6, 6.07) is 0.324. The second kappa shape index (κ2) is 4.43. The van der Waals surface area contributed by atoms with Gasteiger partial charge < -0.3 is 10.8 Å². The van der Waals surface area contributed by atoms with Crippen LogP contribution >= 0.6 is 0 Å². The number of hydrogen-bond donors (Lipinski definition) is 2. The fourth-order valence-corrected chi connectivity index (χ4v) is 2.60. The predicted molar refractivity (Wildman–Crippen MR) is 55.5 cm³/mol. The van der Waals surface area contributed by atoms with E-state index in [0.717, 1.165) is 38.5 Å². The molecule has 0 aromatic rings. The van der Waals surface area contributed by atoms with E-state index in [0.29, 0.717) is 11.5 Å². The van der Waals surface area contributed by atoms with Gasteiger partial charge in [0, 0.05) is 6.04 Å². The van der Waals surface area contributed by atoms with Gasteiger partial charge in [-0.05, 0) is 43.9 Å². The Bertz CT molecular complexity index is 150. The maximum absolute atomic E-state index is 9.45. The first kappa shape index (κ1) is 11.0. The van der Waals surface area contributed by atoms with E-state index in [1.165, 1.54) is 0 Å². The summed E-state index contributed by atoms with van der Waals surface area (Å²) in [5.74, 6) is 0. The van der Waals surface area contributed by atoms with Gasteiger partial charge in [0.25, 0.3) is 0 Å². The van der Waals surface area contributed by atoms with Crippen LogP contribution in [-0.4, -0.2) is 17.3 Å². The van der Waals surface area contributed by atoms with Crippen molar-refractivity contribution >= 4 is 0 Å². The highest BCUT2D eigenvalue weighted by molar-refractivity contribution is 4.91. The summed E-state index contributed by atoms with van der Waals surface area (Å²) >= 11 is 0. The first-order valence-electron chi connectivity index (χ1n) is 5.58. The van der Waals surface area contributed by atoms with E-state index < -0.39 is 0 Å². The highest BCUT2D eigenvalue weighted by Gasteiger charge is 2.37. The van der Waals surface area contributed by atoms with Crippen LogP contribution < -0.4 is 5.73 Å². The van der Waals surface area contributed by atoms with Crippen LogP contribution in [0.1, 0.15) is 52.4 Å². The molecule has 0 unspecified atom stereocenters. The van der Waals surface area contributed by atoms with Crippen LogP contribution in [0.25, 0.3) is 0 Å². The van der Waals surface area contributed by atoms with Gasteiger partial charge in [-0.2, -0.15) is 0 Å². The summed E-state index contributed by atoms with van der Waals surface area (Å²) in [7, 11) is 0. The van der Waals surface area contributed by atoms with E-state index in [9.17, 15) is 5.11 Å². The Morgan fingerprint density at radius 2 is 1.92 bits per heavy atom. The molecule has 2 nitrogen and oxygen atoms in total. The molecule has 1 fully saturated rings. The molecule has 0 aliphatic heterocycles. The van der Waals surface area contributed by atoms with Gasteiger partial charge in [0.15, 0.2) is 0 Å². The maximum atomic E-state index is 9.45. The molecule has 0 spiro atoms. The lowest BCUT2D eigenvalue weighted by Crippen LogP contribution is -2.44. The van der Waals surface area contributed by atoms with E-state index in [4.69, 9.17) is 5.73 Å². The van der Waals surface area contributed by atoms with Gasteiger partial charge in [-0.25, -0.2) is 0 Å². The summed E-state index contributed by atoms with van der Waals surface area (Å²) in [6.07, 6.45) is 6.27. The molecule has 1 aliphatic rings. The summed E-state index contributed by atoms with van der Waals surface area (Å²) in [6.45, 7) is 4.39. The molecule has 13 heavy (non-hydrogen) atoms. The van der Waals surface area contributed by atoms with Crippen molar-refractivity contribution < 1.29 is 5.11 Å². The second-order valence-corrected chi connectivity index (χ2v) is 4.46. The standard InChI is InChI=1S/C11H23NO/c1-3-10(12)11(4-2)7-5-9(13)6-8-11/h9-10,13H,3-8,12H2,1-2H3/t9-,10-,11-/m1/s1. The molecule has 0 bridgehead atoms. The van der Waals surface area contributed by atoms with Crippen LogP contribution in [0.5, 0.6) is 0 Å². The van der Waals surface area contributed by atoms with Gasteiger partial charge >= 0.3 is 0 Å². The van der Waals surface area contributed by atoms with Crippen LogP contribution in [0.2, 0.25) is 0 Å². The van der Waals surface area contributed by atoms with Crippen LogP contribution in [-0.2, 0) is 0 Å².